The number of methoxy groups -OCH3 is 1. The molecule has 4 rings (SSSR count). The van der Waals surface area contributed by atoms with Crippen LogP contribution < -0.4 is 15.0 Å². The van der Waals surface area contributed by atoms with E-state index in [2.05, 4.69) is 10.1 Å². The van der Waals surface area contributed by atoms with E-state index >= 15 is 0 Å². The summed E-state index contributed by atoms with van der Waals surface area (Å²) in [5.41, 5.74) is -3.56. The van der Waals surface area contributed by atoms with Crippen LogP contribution >= 0.6 is 0 Å². The zero-order valence-electron chi connectivity index (χ0n) is 18.9. The number of hydrogen-bond acceptors (Lipinski definition) is 6. The smallest absolute Gasteiger partial charge is 0.435 e. The molecule has 0 aliphatic carbocycles. The molecule has 0 saturated carbocycles. The van der Waals surface area contributed by atoms with Crippen molar-refractivity contribution >= 4 is 21.6 Å². The summed E-state index contributed by atoms with van der Waals surface area (Å²) in [6.07, 6.45) is -4.91. The van der Waals surface area contributed by atoms with Crippen molar-refractivity contribution in [2.45, 2.75) is 18.9 Å². The largest absolute Gasteiger partial charge is 0.497 e. The summed E-state index contributed by atoms with van der Waals surface area (Å²) >= 11 is 0. The summed E-state index contributed by atoms with van der Waals surface area (Å²) in [5, 5.41) is 3.43. The van der Waals surface area contributed by atoms with Crippen LogP contribution in [0.3, 0.4) is 0 Å². The number of H-pyrrole nitrogens is 1. The number of fused-ring (bicyclic) bond motifs is 1. The van der Waals surface area contributed by atoms with Crippen LogP contribution in [0.2, 0.25) is 0 Å². The number of aryl methyl sites for hydroxylation is 1. The number of aromatic nitrogens is 3. The lowest BCUT2D eigenvalue weighted by Crippen LogP contribution is -2.37. The van der Waals surface area contributed by atoms with E-state index in [0.29, 0.717) is 15.8 Å². The molecule has 0 spiro atoms. The lowest BCUT2D eigenvalue weighted by atomic mass is 10.1. The molecular formula is C23H19F3N4O5S. The second-order valence-corrected chi connectivity index (χ2v) is 9.54. The molecule has 0 fully saturated rings. The van der Waals surface area contributed by atoms with E-state index in [-0.39, 0.29) is 22.5 Å². The van der Waals surface area contributed by atoms with Crippen LogP contribution in [0, 0.1) is 6.92 Å². The van der Waals surface area contributed by atoms with Gasteiger partial charge in [-0.2, -0.15) is 22.8 Å². The molecule has 188 valence electrons. The van der Waals surface area contributed by atoms with E-state index in [4.69, 9.17) is 4.74 Å². The number of carbonyl (C=O) groups excluding carboxylic acids is 1. The average molecular weight is 520 g/mol. The van der Waals surface area contributed by atoms with Gasteiger partial charge in [0.25, 0.3) is 11.5 Å². The minimum absolute atomic E-state index is 0.132. The maximum atomic E-state index is 13.8. The highest BCUT2D eigenvalue weighted by atomic mass is 32.2. The first-order valence-electron chi connectivity index (χ1n) is 10.4. The minimum atomic E-state index is -4.91. The number of rotatable bonds is 6. The molecule has 13 heteroatoms. The van der Waals surface area contributed by atoms with Gasteiger partial charge in [0.05, 0.1) is 18.4 Å². The lowest BCUT2D eigenvalue weighted by molar-refractivity contribution is -0.140. The molecule has 2 heterocycles. The topological polar surface area (TPSA) is 123 Å². The van der Waals surface area contributed by atoms with Crippen molar-refractivity contribution in [1.29, 1.82) is 0 Å². The summed E-state index contributed by atoms with van der Waals surface area (Å²) in [4.78, 5) is 28.5. The number of sulfonamides is 1. The third kappa shape index (κ3) is 4.82. The van der Waals surface area contributed by atoms with Crippen LogP contribution in [0.1, 0.15) is 27.3 Å². The van der Waals surface area contributed by atoms with Gasteiger partial charge in [-0.3, -0.25) is 9.59 Å². The molecule has 36 heavy (non-hydrogen) atoms. The highest BCUT2D eigenvalue weighted by Gasteiger charge is 2.39. The zero-order chi connectivity index (χ0) is 26.3. The zero-order valence-corrected chi connectivity index (χ0v) is 19.7. The summed E-state index contributed by atoms with van der Waals surface area (Å²) in [5.74, 6) is -1.50. The first-order chi connectivity index (χ1) is 16.9. The second-order valence-electron chi connectivity index (χ2n) is 7.82. The number of nitrogens with one attached hydrogen (secondary N) is 2. The highest BCUT2D eigenvalue weighted by Crippen LogP contribution is 2.38. The number of aromatic amines is 1. The SMILES string of the molecule is COc1cccc(CS(=O)(=O)NC(=O)c2c(C)[nH]c3c(-c4ccccc4)c(C(F)(F)F)nn3c2=O)c1. The Bertz CT molecular complexity index is 1630. The fourth-order valence-electron chi connectivity index (χ4n) is 3.74. The number of ether oxygens (including phenoxy) is 1. The van der Waals surface area contributed by atoms with Gasteiger partial charge in [-0.1, -0.05) is 42.5 Å². The predicted molar refractivity (Wildman–Crippen MR) is 124 cm³/mol. The third-order valence-electron chi connectivity index (χ3n) is 5.27. The number of alkyl halides is 3. The molecule has 0 atom stereocenters. The molecule has 2 aromatic carbocycles. The summed E-state index contributed by atoms with van der Waals surface area (Å²) in [7, 11) is -2.87. The molecular weight excluding hydrogens is 501 g/mol. The average Bonchev–Trinajstić information content (AvgIpc) is 3.19. The molecule has 2 N–H and O–H groups in total. The standard InChI is InChI=1S/C23H19F3N4O5S/c1-13-17(21(31)29-36(33,34)12-14-7-6-10-16(11-14)35-2)22(32)30-20(27-13)18(15-8-4-3-5-9-15)19(28-30)23(24,25)26/h3-11,27H,12H2,1-2H3,(H,29,31). The van der Waals surface area contributed by atoms with Crippen molar-refractivity contribution in [3.8, 4) is 16.9 Å². The molecule has 0 aliphatic heterocycles. The van der Waals surface area contributed by atoms with E-state index in [1.165, 1.54) is 50.4 Å². The van der Waals surface area contributed by atoms with Crippen LogP contribution in [0.4, 0.5) is 13.2 Å². The Hall–Kier alpha value is -4.13. The van der Waals surface area contributed by atoms with E-state index in [0.717, 1.165) is 0 Å². The van der Waals surface area contributed by atoms with Crippen LogP contribution in [-0.4, -0.2) is 36.0 Å². The van der Waals surface area contributed by atoms with Gasteiger partial charge in [-0.25, -0.2) is 13.1 Å². The predicted octanol–water partition coefficient (Wildman–Crippen LogP) is 3.29. The number of benzene rings is 2. The van der Waals surface area contributed by atoms with Crippen LogP contribution in [-0.2, 0) is 22.0 Å². The van der Waals surface area contributed by atoms with E-state index < -0.39 is 44.7 Å². The van der Waals surface area contributed by atoms with Crippen molar-refractivity contribution in [2.24, 2.45) is 0 Å². The van der Waals surface area contributed by atoms with Crippen LogP contribution in [0.25, 0.3) is 16.8 Å². The van der Waals surface area contributed by atoms with E-state index in [9.17, 15) is 31.2 Å². The second kappa shape index (κ2) is 9.15. The quantitative estimate of drug-likeness (QED) is 0.402. The Balaban J connectivity index is 1.77. The third-order valence-corrected chi connectivity index (χ3v) is 6.48. The summed E-state index contributed by atoms with van der Waals surface area (Å²) < 4.78 is 73.8. The van der Waals surface area contributed by atoms with Crippen LogP contribution in [0.5, 0.6) is 5.75 Å². The van der Waals surface area contributed by atoms with Crippen molar-refractivity contribution in [3.63, 3.8) is 0 Å². The van der Waals surface area contributed by atoms with Crippen LogP contribution in [0.15, 0.2) is 59.4 Å². The normalized spacial score (nSPS) is 12.0. The van der Waals surface area contributed by atoms with Gasteiger partial charge < -0.3 is 9.72 Å². The van der Waals surface area contributed by atoms with Gasteiger partial charge in [0, 0.05) is 5.69 Å². The van der Waals surface area contributed by atoms with E-state index in [1.807, 2.05) is 0 Å². The molecule has 1 amide bonds. The Labute approximate surface area is 202 Å². The van der Waals surface area contributed by atoms with Crippen molar-refractivity contribution < 1.29 is 31.1 Å². The first kappa shape index (κ1) is 25.0. The number of halogens is 3. The Kier molecular flexibility index (Phi) is 6.35. The number of amides is 1. The molecule has 0 bridgehead atoms. The number of nitrogens with zero attached hydrogens (tertiary/aromatic N) is 2. The van der Waals surface area contributed by atoms with Gasteiger partial charge in [-0.15, -0.1) is 0 Å². The number of carbonyl (C=O) groups is 1. The molecule has 0 radical (unpaired) electrons. The van der Waals surface area contributed by atoms with Gasteiger partial charge in [0.2, 0.25) is 10.0 Å². The maximum Gasteiger partial charge on any atom is 0.435 e. The Morgan fingerprint density at radius 3 is 2.47 bits per heavy atom. The summed E-state index contributed by atoms with van der Waals surface area (Å²) in [6, 6.07) is 13.6. The first-order valence-corrected chi connectivity index (χ1v) is 12.0. The molecule has 0 unspecified atom stereocenters. The molecule has 2 aromatic heterocycles. The summed E-state index contributed by atoms with van der Waals surface area (Å²) in [6.45, 7) is 1.28. The van der Waals surface area contributed by atoms with Gasteiger partial charge >= 0.3 is 6.18 Å². The Morgan fingerprint density at radius 1 is 1.14 bits per heavy atom. The molecule has 0 aliphatic rings. The fraction of sp³-hybridized carbons (Fsp3) is 0.174. The van der Waals surface area contributed by atoms with Gasteiger partial charge in [0.15, 0.2) is 5.69 Å². The maximum absolute atomic E-state index is 13.8. The fourth-order valence-corrected chi connectivity index (χ4v) is 4.82. The monoisotopic (exact) mass is 520 g/mol. The highest BCUT2D eigenvalue weighted by molar-refractivity contribution is 7.89. The van der Waals surface area contributed by atoms with Crippen molar-refractivity contribution in [1.82, 2.24) is 19.3 Å². The lowest BCUT2D eigenvalue weighted by Gasteiger charge is -2.10. The molecule has 9 nitrogen and oxygen atoms in total. The molecule has 4 aromatic rings. The van der Waals surface area contributed by atoms with E-state index in [1.54, 1.807) is 22.9 Å². The van der Waals surface area contributed by atoms with Gasteiger partial charge in [0.1, 0.15) is 17.0 Å². The van der Waals surface area contributed by atoms with Crippen molar-refractivity contribution in [3.05, 3.63) is 87.5 Å². The Morgan fingerprint density at radius 2 is 1.83 bits per heavy atom. The minimum Gasteiger partial charge on any atom is -0.497 e. The van der Waals surface area contributed by atoms with Crippen molar-refractivity contribution in [2.75, 3.05) is 7.11 Å². The van der Waals surface area contributed by atoms with Gasteiger partial charge in [-0.05, 0) is 30.2 Å². The molecule has 0 saturated heterocycles. The number of hydrogen-bond donors (Lipinski definition) is 2.